The molecule has 0 aromatic carbocycles. The summed E-state index contributed by atoms with van der Waals surface area (Å²) in [4.78, 5) is 23.0. The smallest absolute Gasteiger partial charge is 0.164 e. The molecule has 0 saturated carbocycles. The number of aliphatic hydroxyl groups is 2. The first-order valence-corrected chi connectivity index (χ1v) is 9.01. The summed E-state index contributed by atoms with van der Waals surface area (Å²) in [5, 5.41) is 19.1. The van der Waals surface area contributed by atoms with Gasteiger partial charge in [-0.05, 0) is 0 Å². The van der Waals surface area contributed by atoms with Gasteiger partial charge in [-0.25, -0.2) is 0 Å². The van der Waals surface area contributed by atoms with E-state index in [2.05, 4.69) is 0 Å². The molecule has 0 aliphatic carbocycles. The SMILES string of the molecule is CC(C)(C)C(=O)C=C(O)C(C)(C)C.CC(C)(C)C(=O)C=C(O)C(C)(C)C.[Ni]. The second-order valence-corrected chi connectivity index (χ2v) is 10.8. The summed E-state index contributed by atoms with van der Waals surface area (Å²) in [7, 11) is 0. The van der Waals surface area contributed by atoms with Gasteiger partial charge in [0, 0.05) is 50.3 Å². The summed E-state index contributed by atoms with van der Waals surface area (Å²) in [5.74, 6) is 0.208. The van der Waals surface area contributed by atoms with Crippen molar-refractivity contribution in [1.29, 1.82) is 0 Å². The average Bonchev–Trinajstić information content (AvgIpc) is 2.34. The maximum Gasteiger partial charge on any atom is 0.164 e. The molecule has 162 valence electrons. The van der Waals surface area contributed by atoms with Gasteiger partial charge >= 0.3 is 0 Å². The van der Waals surface area contributed by atoms with Gasteiger partial charge in [-0.15, -0.1) is 0 Å². The number of aliphatic hydroxyl groups excluding tert-OH is 2. The molecule has 0 radical (unpaired) electrons. The predicted molar refractivity (Wildman–Crippen MR) is 109 cm³/mol. The summed E-state index contributed by atoms with van der Waals surface area (Å²) in [5.41, 5.74) is -1.53. The Morgan fingerprint density at radius 2 is 0.704 bits per heavy atom. The van der Waals surface area contributed by atoms with E-state index >= 15 is 0 Å². The number of hydrogen-bond acceptors (Lipinski definition) is 4. The van der Waals surface area contributed by atoms with Crippen LogP contribution in [0.25, 0.3) is 0 Å². The number of allylic oxidation sites excluding steroid dienone is 4. The van der Waals surface area contributed by atoms with Crippen LogP contribution in [0.5, 0.6) is 0 Å². The molecule has 0 atom stereocenters. The molecule has 0 unspecified atom stereocenters. The molecule has 0 saturated heterocycles. The van der Waals surface area contributed by atoms with Crippen molar-refractivity contribution in [2.75, 3.05) is 0 Å². The van der Waals surface area contributed by atoms with Gasteiger partial charge in [-0.3, -0.25) is 9.59 Å². The van der Waals surface area contributed by atoms with Crippen LogP contribution in [0.1, 0.15) is 83.1 Å². The van der Waals surface area contributed by atoms with E-state index in [1.54, 1.807) is 0 Å². The van der Waals surface area contributed by atoms with Gasteiger partial charge in [0.15, 0.2) is 11.6 Å². The van der Waals surface area contributed by atoms with Crippen molar-refractivity contribution in [2.45, 2.75) is 83.1 Å². The van der Waals surface area contributed by atoms with Crippen LogP contribution in [-0.4, -0.2) is 21.8 Å². The fraction of sp³-hybridized carbons (Fsp3) is 0.727. The fourth-order valence-corrected chi connectivity index (χ4v) is 1.11. The molecular formula is C22H40NiO4. The summed E-state index contributed by atoms with van der Waals surface area (Å²) in [6, 6.07) is 0. The van der Waals surface area contributed by atoms with Crippen LogP contribution in [0.4, 0.5) is 0 Å². The third-order valence-electron chi connectivity index (χ3n) is 3.55. The summed E-state index contributed by atoms with van der Waals surface area (Å²) in [6.07, 6.45) is 2.67. The monoisotopic (exact) mass is 426 g/mol. The van der Waals surface area contributed by atoms with Gasteiger partial charge in [-0.1, -0.05) is 83.1 Å². The largest absolute Gasteiger partial charge is 0.512 e. The Hall–Kier alpha value is -1.09. The topological polar surface area (TPSA) is 74.6 Å². The van der Waals surface area contributed by atoms with E-state index in [-0.39, 0.29) is 50.4 Å². The Morgan fingerprint density at radius 1 is 0.519 bits per heavy atom. The Bertz CT molecular complexity index is 505. The van der Waals surface area contributed by atoms with Crippen molar-refractivity contribution >= 4 is 11.6 Å². The quantitative estimate of drug-likeness (QED) is 0.314. The first kappa shape index (κ1) is 30.6. The molecule has 0 aliphatic rings. The van der Waals surface area contributed by atoms with Gasteiger partial charge in [0.25, 0.3) is 0 Å². The average molecular weight is 427 g/mol. The van der Waals surface area contributed by atoms with Crippen LogP contribution in [0.2, 0.25) is 0 Å². The van der Waals surface area contributed by atoms with Crippen LogP contribution in [0.15, 0.2) is 23.7 Å². The Morgan fingerprint density at radius 3 is 0.815 bits per heavy atom. The number of carbonyl (C=O) groups excluding carboxylic acids is 2. The van der Waals surface area contributed by atoms with Crippen LogP contribution in [-0.2, 0) is 26.1 Å². The van der Waals surface area contributed by atoms with E-state index < -0.39 is 10.8 Å². The molecule has 0 aromatic rings. The Balaban J connectivity index is -0.000000411. The minimum atomic E-state index is -0.417. The van der Waals surface area contributed by atoms with Crippen molar-refractivity contribution < 1.29 is 36.3 Å². The molecule has 0 fully saturated rings. The molecule has 27 heavy (non-hydrogen) atoms. The fourth-order valence-electron chi connectivity index (χ4n) is 1.11. The van der Waals surface area contributed by atoms with E-state index in [1.807, 2.05) is 83.1 Å². The van der Waals surface area contributed by atoms with E-state index in [9.17, 15) is 19.8 Å². The number of rotatable bonds is 2. The predicted octanol–water partition coefficient (Wildman–Crippen LogP) is 6.18. The van der Waals surface area contributed by atoms with E-state index in [0.29, 0.717) is 0 Å². The third-order valence-corrected chi connectivity index (χ3v) is 3.55. The molecule has 0 aromatic heterocycles. The molecule has 0 aliphatic heterocycles. The minimum absolute atomic E-state index is 0. The van der Waals surface area contributed by atoms with Crippen LogP contribution < -0.4 is 0 Å². The molecule has 5 heteroatoms. The normalized spacial score (nSPS) is 13.9. The molecule has 0 bridgehead atoms. The van der Waals surface area contributed by atoms with Crippen molar-refractivity contribution in [2.24, 2.45) is 21.7 Å². The van der Waals surface area contributed by atoms with Crippen molar-refractivity contribution in [3.8, 4) is 0 Å². The van der Waals surface area contributed by atoms with Crippen molar-refractivity contribution in [3.63, 3.8) is 0 Å². The Kier molecular flexibility index (Phi) is 11.9. The van der Waals surface area contributed by atoms with Crippen LogP contribution in [0.3, 0.4) is 0 Å². The van der Waals surface area contributed by atoms with Gasteiger partial charge < -0.3 is 10.2 Å². The van der Waals surface area contributed by atoms with Gasteiger partial charge in [0.2, 0.25) is 0 Å². The second-order valence-electron chi connectivity index (χ2n) is 10.8. The maximum absolute atomic E-state index is 11.5. The Labute approximate surface area is 176 Å². The van der Waals surface area contributed by atoms with Crippen LogP contribution >= 0.6 is 0 Å². The zero-order valence-corrected chi connectivity index (χ0v) is 20.2. The minimum Gasteiger partial charge on any atom is -0.512 e. The third kappa shape index (κ3) is 13.7. The van der Waals surface area contributed by atoms with Gasteiger partial charge in [0.1, 0.15) is 11.5 Å². The molecule has 0 rings (SSSR count). The van der Waals surface area contributed by atoms with E-state index in [4.69, 9.17) is 0 Å². The van der Waals surface area contributed by atoms with Crippen molar-refractivity contribution in [1.82, 2.24) is 0 Å². The molecule has 0 spiro atoms. The molecule has 0 heterocycles. The first-order chi connectivity index (χ1) is 11.1. The number of ketones is 2. The van der Waals surface area contributed by atoms with Gasteiger partial charge in [-0.2, -0.15) is 0 Å². The van der Waals surface area contributed by atoms with E-state index in [0.717, 1.165) is 0 Å². The maximum atomic E-state index is 11.5. The van der Waals surface area contributed by atoms with Gasteiger partial charge in [0.05, 0.1) is 0 Å². The molecule has 4 nitrogen and oxygen atoms in total. The molecule has 0 amide bonds. The van der Waals surface area contributed by atoms with Crippen LogP contribution in [0, 0.1) is 21.7 Å². The summed E-state index contributed by atoms with van der Waals surface area (Å²) in [6.45, 7) is 22.2. The van der Waals surface area contributed by atoms with E-state index in [1.165, 1.54) is 12.2 Å². The second kappa shape index (κ2) is 10.5. The zero-order chi connectivity index (χ0) is 21.7. The summed E-state index contributed by atoms with van der Waals surface area (Å²) < 4.78 is 0. The first-order valence-electron chi connectivity index (χ1n) is 9.01. The summed E-state index contributed by atoms with van der Waals surface area (Å²) >= 11 is 0. The standard InChI is InChI=1S/2C11H20O2.Ni/c2*1-10(2,3)8(12)7-9(13)11(4,5)6;/h2*7,12H,1-6H3;. The number of carbonyl (C=O) groups is 2. The number of hydrogen-bond donors (Lipinski definition) is 2. The molecule has 2 N–H and O–H groups in total. The zero-order valence-electron chi connectivity index (χ0n) is 19.2. The molecular weight excluding hydrogens is 387 g/mol. The van der Waals surface area contributed by atoms with Crippen molar-refractivity contribution in [3.05, 3.63) is 23.7 Å².